The van der Waals surface area contributed by atoms with E-state index in [1.165, 1.54) is 6.08 Å². The number of carboxylic acids is 1. The second kappa shape index (κ2) is 11.0. The molecular formula is C27H27N5O5. The van der Waals surface area contributed by atoms with Gasteiger partial charge in [-0.2, -0.15) is 4.98 Å². The average molecular weight is 502 g/mol. The van der Waals surface area contributed by atoms with Gasteiger partial charge in [-0.25, -0.2) is 9.78 Å². The van der Waals surface area contributed by atoms with Gasteiger partial charge < -0.3 is 23.9 Å². The molecule has 2 aromatic heterocycles. The summed E-state index contributed by atoms with van der Waals surface area (Å²) in [5, 5.41) is 11.9. The molecule has 0 aliphatic carbocycles. The molecule has 0 amide bonds. The number of ether oxygens (including phenoxy) is 2. The number of aliphatic carboxylic acids is 1. The summed E-state index contributed by atoms with van der Waals surface area (Å²) in [5.41, 5.74) is 1.88. The van der Waals surface area contributed by atoms with Crippen molar-refractivity contribution in [2.45, 2.75) is 25.9 Å². The lowest BCUT2D eigenvalue weighted by atomic mass is 10.1. The Balaban J connectivity index is 1.27. The number of hydrogen-bond acceptors (Lipinski definition) is 9. The zero-order valence-corrected chi connectivity index (χ0v) is 20.3. The van der Waals surface area contributed by atoms with Gasteiger partial charge in [-0.15, -0.1) is 0 Å². The van der Waals surface area contributed by atoms with Crippen LogP contribution in [0.2, 0.25) is 0 Å². The Morgan fingerprint density at radius 2 is 2.08 bits per heavy atom. The molecule has 5 rings (SSSR count). The summed E-state index contributed by atoms with van der Waals surface area (Å²) in [4.78, 5) is 26.4. The summed E-state index contributed by atoms with van der Waals surface area (Å²) in [5.74, 6) is 1.71. The van der Waals surface area contributed by atoms with E-state index >= 15 is 0 Å². The highest BCUT2D eigenvalue weighted by Crippen LogP contribution is 2.30. The highest BCUT2D eigenvalue weighted by molar-refractivity contribution is 5.86. The van der Waals surface area contributed by atoms with Crippen LogP contribution in [0.3, 0.4) is 0 Å². The van der Waals surface area contributed by atoms with Gasteiger partial charge in [0.25, 0.3) is 0 Å². The monoisotopic (exact) mass is 501 g/mol. The molecule has 1 saturated heterocycles. The Kier molecular flexibility index (Phi) is 7.16. The normalized spacial score (nSPS) is 15.7. The predicted molar refractivity (Wildman–Crippen MR) is 139 cm³/mol. The molecule has 4 aromatic rings. The van der Waals surface area contributed by atoms with Crippen LogP contribution in [0.15, 0.2) is 65.4 Å². The first kappa shape index (κ1) is 24.1. The minimum atomic E-state index is -1.01. The molecule has 3 heterocycles. The number of aromatic nitrogens is 3. The fraction of sp³-hybridized carbons (Fsp3) is 0.259. The molecule has 2 aromatic carbocycles. The van der Waals surface area contributed by atoms with Crippen LogP contribution in [0, 0.1) is 0 Å². The Bertz CT molecular complexity index is 1420. The van der Waals surface area contributed by atoms with Crippen LogP contribution < -0.4 is 19.7 Å². The average Bonchev–Trinajstić information content (AvgIpc) is 3.30. The van der Waals surface area contributed by atoms with Crippen LogP contribution in [0.25, 0.3) is 17.2 Å². The van der Waals surface area contributed by atoms with Gasteiger partial charge in [0, 0.05) is 12.6 Å². The minimum absolute atomic E-state index is 0.00446. The van der Waals surface area contributed by atoms with Crippen molar-refractivity contribution < 1.29 is 23.8 Å². The van der Waals surface area contributed by atoms with E-state index in [2.05, 4.69) is 20.2 Å². The Labute approximate surface area is 213 Å². The van der Waals surface area contributed by atoms with E-state index in [4.69, 9.17) is 24.0 Å². The van der Waals surface area contributed by atoms with E-state index in [-0.39, 0.29) is 12.1 Å². The number of nitrogens with zero attached hydrogens (tertiary/aromatic N) is 4. The molecule has 1 aliphatic heterocycles. The fourth-order valence-electron chi connectivity index (χ4n) is 4.19. The van der Waals surface area contributed by atoms with Crippen molar-refractivity contribution in [2.75, 3.05) is 29.9 Å². The number of nitrogens with one attached hydrogen (secondary N) is 1. The highest BCUT2D eigenvalue weighted by atomic mass is 16.5. The Morgan fingerprint density at radius 3 is 2.92 bits per heavy atom. The fourth-order valence-corrected chi connectivity index (χ4v) is 4.19. The molecule has 1 atom stereocenters. The second-order valence-corrected chi connectivity index (χ2v) is 8.51. The zero-order valence-electron chi connectivity index (χ0n) is 20.3. The van der Waals surface area contributed by atoms with Gasteiger partial charge in [0.15, 0.2) is 22.9 Å². The first-order chi connectivity index (χ1) is 18.1. The molecule has 10 nitrogen and oxygen atoms in total. The van der Waals surface area contributed by atoms with Gasteiger partial charge >= 0.3 is 12.0 Å². The third kappa shape index (κ3) is 5.97. The van der Waals surface area contributed by atoms with Crippen molar-refractivity contribution in [1.29, 1.82) is 0 Å². The quantitative estimate of drug-likeness (QED) is 0.306. The van der Waals surface area contributed by atoms with Crippen LogP contribution in [-0.4, -0.2) is 51.8 Å². The Hall–Kier alpha value is -4.60. The van der Waals surface area contributed by atoms with Gasteiger partial charge in [-0.1, -0.05) is 18.2 Å². The summed E-state index contributed by atoms with van der Waals surface area (Å²) in [7, 11) is 0. The zero-order chi connectivity index (χ0) is 25.6. The lowest BCUT2D eigenvalue weighted by Gasteiger charge is -2.33. The van der Waals surface area contributed by atoms with Crippen molar-refractivity contribution in [1.82, 2.24) is 15.0 Å². The largest absolute Gasteiger partial charge is 0.490 e. The molecule has 2 N–H and O–H groups in total. The molecule has 0 radical (unpaired) electrons. The number of carboxylic acid groups (broad SMARTS) is 1. The molecule has 0 spiro atoms. The third-order valence-corrected chi connectivity index (χ3v) is 5.83. The number of piperidine rings is 1. The number of carbonyl (C=O) groups is 1. The van der Waals surface area contributed by atoms with Crippen LogP contribution in [-0.2, 0) is 4.79 Å². The van der Waals surface area contributed by atoms with Gasteiger partial charge in [0.1, 0.15) is 17.4 Å². The van der Waals surface area contributed by atoms with Crippen LogP contribution >= 0.6 is 0 Å². The summed E-state index contributed by atoms with van der Waals surface area (Å²) >= 11 is 0. The SMILES string of the molecule is CCOc1ccccc1OC1CCCN(c2cncc(Nc3nc4cc(/C=C/C(=O)O)ccc4o3)n2)C1. The molecule has 37 heavy (non-hydrogen) atoms. The van der Waals surface area contributed by atoms with Crippen molar-refractivity contribution >= 4 is 40.8 Å². The van der Waals surface area contributed by atoms with E-state index in [9.17, 15) is 4.79 Å². The number of anilines is 3. The summed E-state index contributed by atoms with van der Waals surface area (Å²) in [6.07, 6.45) is 7.82. The topological polar surface area (TPSA) is 123 Å². The van der Waals surface area contributed by atoms with Crippen LogP contribution in [0.5, 0.6) is 11.5 Å². The smallest absolute Gasteiger partial charge is 0.328 e. The maximum Gasteiger partial charge on any atom is 0.328 e. The second-order valence-electron chi connectivity index (χ2n) is 8.51. The van der Waals surface area contributed by atoms with Crippen molar-refractivity contribution in [3.05, 3.63) is 66.5 Å². The number of rotatable bonds is 9. The molecule has 0 saturated carbocycles. The maximum atomic E-state index is 10.8. The van der Waals surface area contributed by atoms with Crippen LogP contribution in [0.1, 0.15) is 25.3 Å². The van der Waals surface area contributed by atoms with Gasteiger partial charge in [0.05, 0.1) is 25.5 Å². The molecule has 190 valence electrons. The molecule has 0 bridgehead atoms. The first-order valence-corrected chi connectivity index (χ1v) is 12.1. The van der Waals surface area contributed by atoms with E-state index in [0.29, 0.717) is 35.6 Å². The Morgan fingerprint density at radius 1 is 1.22 bits per heavy atom. The van der Waals surface area contributed by atoms with Crippen molar-refractivity contribution in [3.63, 3.8) is 0 Å². The summed E-state index contributed by atoms with van der Waals surface area (Å²) < 4.78 is 17.8. The minimum Gasteiger partial charge on any atom is -0.490 e. The van der Waals surface area contributed by atoms with Gasteiger partial charge in [-0.3, -0.25) is 10.3 Å². The van der Waals surface area contributed by atoms with E-state index in [1.807, 2.05) is 31.2 Å². The summed E-state index contributed by atoms with van der Waals surface area (Å²) in [6.45, 7) is 4.06. The lowest BCUT2D eigenvalue weighted by molar-refractivity contribution is -0.131. The number of hydrogen-bond donors (Lipinski definition) is 2. The number of oxazole rings is 1. The van der Waals surface area contributed by atoms with E-state index in [1.54, 1.807) is 30.6 Å². The molecular weight excluding hydrogens is 474 g/mol. The van der Waals surface area contributed by atoms with Gasteiger partial charge in [0.2, 0.25) is 0 Å². The third-order valence-electron chi connectivity index (χ3n) is 5.83. The van der Waals surface area contributed by atoms with E-state index in [0.717, 1.165) is 42.8 Å². The van der Waals surface area contributed by atoms with Crippen LogP contribution in [0.4, 0.5) is 17.7 Å². The number of fused-ring (bicyclic) bond motifs is 1. The molecule has 1 unspecified atom stereocenters. The highest BCUT2D eigenvalue weighted by Gasteiger charge is 2.24. The lowest BCUT2D eigenvalue weighted by Crippen LogP contribution is -2.41. The van der Waals surface area contributed by atoms with E-state index < -0.39 is 5.97 Å². The number of para-hydroxylation sites is 2. The molecule has 10 heteroatoms. The standard InChI is InChI=1S/C27H27N5O5/c1-2-35-22-7-3-4-8-23(22)36-19-6-5-13-32(17-19)25-16-28-15-24(30-25)31-27-29-20-14-18(10-12-26(33)34)9-11-21(20)37-27/h3-4,7-12,14-16,19H,2,5-6,13,17H2,1H3,(H,33,34)(H,29,30,31)/b12-10+. The number of benzene rings is 2. The molecule has 1 fully saturated rings. The predicted octanol–water partition coefficient (Wildman–Crippen LogP) is 4.91. The van der Waals surface area contributed by atoms with Crippen molar-refractivity contribution in [3.8, 4) is 11.5 Å². The molecule has 1 aliphatic rings. The first-order valence-electron chi connectivity index (χ1n) is 12.1. The summed E-state index contributed by atoms with van der Waals surface area (Å²) in [6, 6.07) is 13.3. The maximum absolute atomic E-state index is 10.8. The van der Waals surface area contributed by atoms with Gasteiger partial charge in [-0.05, 0) is 55.7 Å². The van der Waals surface area contributed by atoms with Crippen molar-refractivity contribution in [2.24, 2.45) is 0 Å².